The molecular weight excluding hydrogens is 637 g/mol. The van der Waals surface area contributed by atoms with Crippen LogP contribution >= 0.6 is 11.6 Å². The Hall–Kier alpha value is -4.21. The molecule has 1 aliphatic rings. The molecule has 1 aliphatic carbocycles. The van der Waals surface area contributed by atoms with Gasteiger partial charge in [0.1, 0.15) is 18.4 Å². The van der Waals surface area contributed by atoms with E-state index in [2.05, 4.69) is 5.32 Å². The van der Waals surface area contributed by atoms with Gasteiger partial charge < -0.3 is 10.2 Å². The second kappa shape index (κ2) is 15.6. The zero-order chi connectivity index (χ0) is 33.4. The van der Waals surface area contributed by atoms with Crippen LogP contribution in [0.15, 0.2) is 108 Å². The van der Waals surface area contributed by atoms with E-state index >= 15 is 0 Å². The molecule has 0 heterocycles. The molecule has 1 fully saturated rings. The second-order valence-electron chi connectivity index (χ2n) is 12.0. The second-order valence-corrected chi connectivity index (χ2v) is 14.3. The predicted molar refractivity (Wildman–Crippen MR) is 183 cm³/mol. The molecule has 2 amide bonds. The van der Waals surface area contributed by atoms with E-state index in [1.807, 2.05) is 43.3 Å². The number of hydrogen-bond acceptors (Lipinski definition) is 4. The summed E-state index contributed by atoms with van der Waals surface area (Å²) in [5.41, 5.74) is 2.72. The number of amides is 2. The van der Waals surface area contributed by atoms with Crippen molar-refractivity contribution >= 4 is 39.1 Å². The first-order valence-electron chi connectivity index (χ1n) is 15.8. The molecule has 246 valence electrons. The van der Waals surface area contributed by atoms with E-state index < -0.39 is 34.3 Å². The van der Waals surface area contributed by atoms with Crippen LogP contribution in [0.4, 0.5) is 10.1 Å². The highest BCUT2D eigenvalue weighted by molar-refractivity contribution is 7.92. The average molecular weight is 676 g/mol. The highest BCUT2D eigenvalue weighted by atomic mass is 35.5. The zero-order valence-electron chi connectivity index (χ0n) is 26.3. The summed E-state index contributed by atoms with van der Waals surface area (Å²) >= 11 is 6.33. The number of benzene rings is 4. The number of aryl methyl sites for hydroxylation is 1. The van der Waals surface area contributed by atoms with Gasteiger partial charge in [-0.3, -0.25) is 13.9 Å². The molecule has 0 bridgehead atoms. The Morgan fingerprint density at radius 1 is 0.872 bits per heavy atom. The van der Waals surface area contributed by atoms with Crippen LogP contribution in [0.2, 0.25) is 5.02 Å². The quantitative estimate of drug-likeness (QED) is 0.174. The molecule has 10 heteroatoms. The predicted octanol–water partition coefficient (Wildman–Crippen LogP) is 7.07. The molecule has 0 radical (unpaired) electrons. The third kappa shape index (κ3) is 8.99. The number of sulfonamides is 1. The number of rotatable bonds is 12. The molecule has 0 aromatic heterocycles. The summed E-state index contributed by atoms with van der Waals surface area (Å²) < 4.78 is 43.0. The Balaban J connectivity index is 1.56. The van der Waals surface area contributed by atoms with Crippen molar-refractivity contribution in [1.82, 2.24) is 10.2 Å². The van der Waals surface area contributed by atoms with E-state index in [4.69, 9.17) is 11.6 Å². The Bertz CT molecular complexity index is 1760. The summed E-state index contributed by atoms with van der Waals surface area (Å²) in [5.74, 6) is -1.45. The van der Waals surface area contributed by atoms with Crippen LogP contribution in [0.1, 0.15) is 48.8 Å². The molecule has 47 heavy (non-hydrogen) atoms. The molecule has 7 nitrogen and oxygen atoms in total. The van der Waals surface area contributed by atoms with E-state index in [1.165, 1.54) is 17.0 Å². The lowest BCUT2D eigenvalue weighted by atomic mass is 9.94. The van der Waals surface area contributed by atoms with Gasteiger partial charge in [-0.1, -0.05) is 91.0 Å². The number of hydrogen-bond donors (Lipinski definition) is 1. The molecule has 4 aromatic carbocycles. The summed E-state index contributed by atoms with van der Waals surface area (Å²) in [4.78, 5) is 30.0. The third-order valence-corrected chi connectivity index (χ3v) is 10.5. The number of nitrogens with one attached hydrogen (secondary N) is 1. The number of carbonyl (C=O) groups is 2. The molecule has 4 aromatic rings. The lowest BCUT2D eigenvalue weighted by Crippen LogP contribution is -2.55. The number of nitrogens with zero attached hydrogens (tertiary/aromatic N) is 2. The monoisotopic (exact) mass is 675 g/mol. The fraction of sp³-hybridized carbons (Fsp3) is 0.297. The largest absolute Gasteiger partial charge is 0.352 e. The summed E-state index contributed by atoms with van der Waals surface area (Å²) in [7, 11) is -4.32. The van der Waals surface area contributed by atoms with Crippen LogP contribution in [0.5, 0.6) is 0 Å². The van der Waals surface area contributed by atoms with Crippen molar-refractivity contribution in [2.75, 3.05) is 10.8 Å². The van der Waals surface area contributed by atoms with Crippen molar-refractivity contribution in [3.63, 3.8) is 0 Å². The van der Waals surface area contributed by atoms with E-state index in [-0.39, 0.29) is 35.5 Å². The minimum absolute atomic E-state index is 0.000515. The Morgan fingerprint density at radius 2 is 1.53 bits per heavy atom. The number of halogens is 2. The normalized spacial score (nSPS) is 14.3. The van der Waals surface area contributed by atoms with Crippen molar-refractivity contribution in [3.05, 3.63) is 131 Å². The van der Waals surface area contributed by atoms with Gasteiger partial charge in [0.05, 0.1) is 10.6 Å². The van der Waals surface area contributed by atoms with Crippen molar-refractivity contribution in [1.29, 1.82) is 0 Å². The first kappa shape index (κ1) is 34.1. The van der Waals surface area contributed by atoms with E-state index in [0.29, 0.717) is 10.6 Å². The standard InChI is InChI=1S/C37H39ClFN3O4S/c1-27-15-19-33(20-16-27)42(47(45,46)34-21-17-31(39)18-22-34)26-36(43)41(25-29-11-8-12-30(38)23-29)35(24-28-9-4-2-5-10-28)37(44)40-32-13-6-3-7-14-32/h2,4-5,8-12,15-23,32,35H,3,6-7,13-14,24-26H2,1H3,(H,40,44)/t35-/m0/s1. The highest BCUT2D eigenvalue weighted by Gasteiger charge is 2.35. The van der Waals surface area contributed by atoms with Crippen molar-refractivity contribution in [2.45, 2.75) is 69.0 Å². The molecule has 1 N–H and O–H groups in total. The van der Waals surface area contributed by atoms with Crippen molar-refractivity contribution in [3.8, 4) is 0 Å². The number of carbonyl (C=O) groups excluding carboxylic acids is 2. The Morgan fingerprint density at radius 3 is 2.19 bits per heavy atom. The maximum Gasteiger partial charge on any atom is 0.264 e. The van der Waals surface area contributed by atoms with E-state index in [0.717, 1.165) is 59.7 Å². The van der Waals surface area contributed by atoms with Crippen LogP contribution in [-0.2, 0) is 32.6 Å². The molecular formula is C37H39ClFN3O4S. The summed E-state index contributed by atoms with van der Waals surface area (Å²) in [6.45, 7) is 1.30. The minimum Gasteiger partial charge on any atom is -0.352 e. The highest BCUT2D eigenvalue weighted by Crippen LogP contribution is 2.26. The topological polar surface area (TPSA) is 86.8 Å². The molecule has 1 atom stereocenters. The molecule has 0 spiro atoms. The van der Waals surface area contributed by atoms with Crippen LogP contribution < -0.4 is 9.62 Å². The summed E-state index contributed by atoms with van der Waals surface area (Å²) in [5, 5.41) is 3.67. The first-order chi connectivity index (χ1) is 22.6. The van der Waals surface area contributed by atoms with Crippen LogP contribution in [0, 0.1) is 12.7 Å². The van der Waals surface area contributed by atoms with Crippen LogP contribution in [0.3, 0.4) is 0 Å². The lowest BCUT2D eigenvalue weighted by molar-refractivity contribution is -0.140. The van der Waals surface area contributed by atoms with Gasteiger partial charge in [0.2, 0.25) is 11.8 Å². The van der Waals surface area contributed by atoms with Gasteiger partial charge in [-0.2, -0.15) is 0 Å². The van der Waals surface area contributed by atoms with Gasteiger partial charge in [-0.05, 0) is 79.4 Å². The SMILES string of the molecule is Cc1ccc(N(CC(=O)N(Cc2cccc(Cl)c2)[C@@H](Cc2ccccc2)C(=O)NC2CCCCC2)S(=O)(=O)c2ccc(F)cc2)cc1. The van der Waals surface area contributed by atoms with Crippen LogP contribution in [-0.4, -0.2) is 43.8 Å². The van der Waals surface area contributed by atoms with Crippen molar-refractivity contribution < 1.29 is 22.4 Å². The Labute approximate surface area is 281 Å². The van der Waals surface area contributed by atoms with Gasteiger partial charge in [0.15, 0.2) is 0 Å². The average Bonchev–Trinajstić information content (AvgIpc) is 3.06. The van der Waals surface area contributed by atoms with Gasteiger partial charge in [-0.25, -0.2) is 12.8 Å². The van der Waals surface area contributed by atoms with Gasteiger partial charge in [-0.15, -0.1) is 0 Å². The maximum atomic E-state index is 14.6. The molecule has 1 saturated carbocycles. The fourth-order valence-corrected chi connectivity index (χ4v) is 7.53. The Kier molecular flexibility index (Phi) is 11.3. The van der Waals surface area contributed by atoms with E-state index in [1.54, 1.807) is 42.5 Å². The van der Waals surface area contributed by atoms with E-state index in [9.17, 15) is 22.4 Å². The van der Waals surface area contributed by atoms with Crippen LogP contribution in [0.25, 0.3) is 0 Å². The minimum atomic E-state index is -4.32. The molecule has 5 rings (SSSR count). The van der Waals surface area contributed by atoms with Gasteiger partial charge >= 0.3 is 0 Å². The summed E-state index contributed by atoms with van der Waals surface area (Å²) in [6.07, 6.45) is 5.11. The molecule has 0 saturated heterocycles. The van der Waals surface area contributed by atoms with Gasteiger partial charge in [0, 0.05) is 24.0 Å². The number of anilines is 1. The summed E-state index contributed by atoms with van der Waals surface area (Å²) in [6, 6.07) is 26.8. The fourth-order valence-electron chi connectivity index (χ4n) is 5.90. The van der Waals surface area contributed by atoms with Gasteiger partial charge in [0.25, 0.3) is 10.0 Å². The molecule has 0 aliphatic heterocycles. The lowest BCUT2D eigenvalue weighted by Gasteiger charge is -2.35. The first-order valence-corrected chi connectivity index (χ1v) is 17.6. The van der Waals surface area contributed by atoms with Crippen molar-refractivity contribution in [2.24, 2.45) is 0 Å². The smallest absolute Gasteiger partial charge is 0.264 e. The maximum absolute atomic E-state index is 14.6. The third-order valence-electron chi connectivity index (χ3n) is 8.47. The zero-order valence-corrected chi connectivity index (χ0v) is 27.9. The molecule has 0 unspecified atom stereocenters.